The van der Waals surface area contributed by atoms with E-state index >= 15 is 0 Å². The van der Waals surface area contributed by atoms with Gasteiger partial charge in [0.15, 0.2) is 12.4 Å². The average molecular weight is 314 g/mol. The molecule has 0 bridgehead atoms. The fourth-order valence-corrected chi connectivity index (χ4v) is 3.00. The largest absolute Gasteiger partial charge is 0.458 e. The van der Waals surface area contributed by atoms with Crippen LogP contribution >= 0.6 is 0 Å². The van der Waals surface area contributed by atoms with Crippen LogP contribution in [0.3, 0.4) is 0 Å². The zero-order chi connectivity index (χ0) is 17.1. The molecule has 0 saturated carbocycles. The highest BCUT2D eigenvalue weighted by molar-refractivity contribution is 5.89. The summed E-state index contributed by atoms with van der Waals surface area (Å²) in [6, 6.07) is 8.07. The summed E-state index contributed by atoms with van der Waals surface area (Å²) < 4.78 is 5.21. The number of carbonyl (C=O) groups is 2. The Morgan fingerprint density at radius 1 is 1.22 bits per heavy atom. The number of Topliss-reactive ketones (excluding diaryl/α,β-unsaturated/α-hetero) is 1. The van der Waals surface area contributed by atoms with E-state index in [1.54, 1.807) is 0 Å². The number of rotatable bonds is 6. The average Bonchev–Trinajstić information content (AvgIpc) is 2.77. The lowest BCUT2D eigenvalue weighted by Crippen LogP contribution is -2.40. The molecule has 1 aliphatic carbocycles. The number of hydrogen-bond acceptors (Lipinski definition) is 3. The van der Waals surface area contributed by atoms with Gasteiger partial charge in [0.25, 0.3) is 0 Å². The minimum atomic E-state index is -0.482. The summed E-state index contributed by atoms with van der Waals surface area (Å²) in [6.45, 7) is 7.95. The minimum Gasteiger partial charge on any atom is -0.458 e. The molecule has 0 radical (unpaired) electrons. The zero-order valence-electron chi connectivity index (χ0n) is 14.5. The molecule has 0 aromatic heterocycles. The molecule has 0 spiro atoms. The first-order valence-corrected chi connectivity index (χ1v) is 8.17. The van der Waals surface area contributed by atoms with Crippen LogP contribution in [-0.4, -0.2) is 18.4 Å². The van der Waals surface area contributed by atoms with Crippen LogP contribution in [0.25, 0.3) is 0 Å². The van der Waals surface area contributed by atoms with Gasteiger partial charge in [0, 0.05) is 11.8 Å². The van der Waals surface area contributed by atoms with Crippen molar-refractivity contribution in [3.8, 4) is 0 Å². The van der Waals surface area contributed by atoms with Crippen LogP contribution in [0.2, 0.25) is 0 Å². The number of esters is 1. The Balaban J connectivity index is 1.82. The molecule has 0 unspecified atom stereocenters. The first kappa shape index (κ1) is 17.5. The molecular formula is C20H26O3. The Morgan fingerprint density at radius 3 is 2.57 bits per heavy atom. The van der Waals surface area contributed by atoms with Crippen LogP contribution in [-0.2, 0) is 20.7 Å². The van der Waals surface area contributed by atoms with Gasteiger partial charge in [-0.1, -0.05) is 62.8 Å². The Bertz CT molecular complexity index is 628. The highest BCUT2D eigenvalue weighted by Crippen LogP contribution is 2.48. The maximum absolute atomic E-state index is 12.5. The predicted octanol–water partition coefficient (Wildman–Crippen LogP) is 4.03. The van der Waals surface area contributed by atoms with Crippen LogP contribution in [0.4, 0.5) is 0 Å². The van der Waals surface area contributed by atoms with E-state index in [0.717, 1.165) is 5.56 Å². The van der Waals surface area contributed by atoms with E-state index in [9.17, 15) is 9.59 Å². The number of allylic oxidation sites excluding steroid dienone is 2. The van der Waals surface area contributed by atoms with E-state index < -0.39 is 5.41 Å². The summed E-state index contributed by atoms with van der Waals surface area (Å²) in [6.07, 6.45) is 5.76. The Morgan fingerprint density at radius 2 is 1.96 bits per heavy atom. The van der Waals surface area contributed by atoms with Crippen molar-refractivity contribution in [3.05, 3.63) is 47.5 Å². The Labute approximate surface area is 138 Å². The van der Waals surface area contributed by atoms with Crippen molar-refractivity contribution in [1.82, 2.24) is 0 Å². The van der Waals surface area contributed by atoms with Crippen molar-refractivity contribution in [2.24, 2.45) is 10.8 Å². The third-order valence-corrected chi connectivity index (χ3v) is 5.16. The first-order valence-electron chi connectivity index (χ1n) is 8.17. The summed E-state index contributed by atoms with van der Waals surface area (Å²) in [5.74, 6) is -0.316. The van der Waals surface area contributed by atoms with Gasteiger partial charge in [0.1, 0.15) is 0 Å². The molecule has 2 rings (SSSR count). The van der Waals surface area contributed by atoms with Crippen molar-refractivity contribution in [2.75, 3.05) is 6.61 Å². The van der Waals surface area contributed by atoms with Crippen LogP contribution in [0.15, 0.2) is 36.4 Å². The van der Waals surface area contributed by atoms with Crippen LogP contribution in [0.1, 0.15) is 44.7 Å². The smallest absolute Gasteiger partial charge is 0.306 e. The second-order valence-electron chi connectivity index (χ2n) is 7.23. The molecule has 1 atom stereocenters. The van der Waals surface area contributed by atoms with Gasteiger partial charge in [0.2, 0.25) is 0 Å². The monoisotopic (exact) mass is 314 g/mol. The van der Waals surface area contributed by atoms with Gasteiger partial charge in [-0.3, -0.25) is 9.59 Å². The Kier molecular flexibility index (Phi) is 5.08. The van der Waals surface area contributed by atoms with Gasteiger partial charge in [-0.2, -0.15) is 0 Å². The van der Waals surface area contributed by atoms with Crippen molar-refractivity contribution < 1.29 is 14.3 Å². The van der Waals surface area contributed by atoms with Crippen LogP contribution < -0.4 is 0 Å². The van der Waals surface area contributed by atoms with E-state index in [2.05, 4.69) is 12.1 Å². The fourth-order valence-electron chi connectivity index (χ4n) is 3.00. The standard InChI is InChI=1S/C20H26O3/c1-15-7-5-8-16(13-15)9-10-18(22)23-14-17(21)20(4)12-6-11-19(20,2)3/h5-8,11,13H,9-10,12,14H2,1-4H3/t20-/m1/s1. The molecule has 1 aliphatic rings. The van der Waals surface area contributed by atoms with Crippen molar-refractivity contribution in [2.45, 2.75) is 47.0 Å². The molecule has 0 heterocycles. The maximum Gasteiger partial charge on any atom is 0.306 e. The predicted molar refractivity (Wildman–Crippen MR) is 91.1 cm³/mol. The number of ketones is 1. The molecule has 0 fully saturated rings. The molecule has 1 aromatic carbocycles. The summed E-state index contributed by atoms with van der Waals surface area (Å²) in [4.78, 5) is 24.4. The summed E-state index contributed by atoms with van der Waals surface area (Å²) in [5.41, 5.74) is 1.61. The molecule has 3 heteroatoms. The number of carbonyl (C=O) groups excluding carboxylic acids is 2. The molecular weight excluding hydrogens is 288 g/mol. The van der Waals surface area contributed by atoms with E-state index in [0.29, 0.717) is 19.3 Å². The molecule has 1 aromatic rings. The summed E-state index contributed by atoms with van der Waals surface area (Å²) >= 11 is 0. The van der Waals surface area contributed by atoms with E-state index in [1.807, 2.05) is 52.0 Å². The van der Waals surface area contributed by atoms with E-state index in [-0.39, 0.29) is 23.8 Å². The van der Waals surface area contributed by atoms with Gasteiger partial charge >= 0.3 is 5.97 Å². The van der Waals surface area contributed by atoms with E-state index in [4.69, 9.17) is 4.74 Å². The molecule has 124 valence electrons. The molecule has 0 N–H and O–H groups in total. The number of ether oxygens (including phenoxy) is 1. The highest BCUT2D eigenvalue weighted by Gasteiger charge is 2.47. The minimum absolute atomic E-state index is 0.00333. The topological polar surface area (TPSA) is 43.4 Å². The zero-order valence-corrected chi connectivity index (χ0v) is 14.5. The summed E-state index contributed by atoms with van der Waals surface area (Å²) in [5, 5.41) is 0. The van der Waals surface area contributed by atoms with Crippen LogP contribution in [0, 0.1) is 17.8 Å². The molecule has 3 nitrogen and oxygen atoms in total. The second kappa shape index (κ2) is 6.69. The SMILES string of the molecule is Cc1cccc(CCC(=O)OCC(=O)[C@@]2(C)CC=CC2(C)C)c1. The van der Waals surface area contributed by atoms with Gasteiger partial charge < -0.3 is 4.74 Å². The number of benzene rings is 1. The third-order valence-electron chi connectivity index (χ3n) is 5.16. The number of hydrogen-bond donors (Lipinski definition) is 0. The third kappa shape index (κ3) is 3.90. The lowest BCUT2D eigenvalue weighted by atomic mass is 9.66. The quantitative estimate of drug-likeness (QED) is 0.588. The Hall–Kier alpha value is -1.90. The number of aryl methyl sites for hydroxylation is 2. The molecule has 0 amide bonds. The van der Waals surface area contributed by atoms with Gasteiger partial charge in [-0.25, -0.2) is 0 Å². The molecule has 0 saturated heterocycles. The second-order valence-corrected chi connectivity index (χ2v) is 7.23. The molecule has 0 aliphatic heterocycles. The normalized spacial score (nSPS) is 22.1. The first-order chi connectivity index (χ1) is 10.7. The van der Waals surface area contributed by atoms with Gasteiger partial charge in [0.05, 0.1) is 0 Å². The highest BCUT2D eigenvalue weighted by atomic mass is 16.5. The maximum atomic E-state index is 12.5. The van der Waals surface area contributed by atoms with Gasteiger partial charge in [-0.15, -0.1) is 0 Å². The van der Waals surface area contributed by atoms with Crippen molar-refractivity contribution >= 4 is 11.8 Å². The molecule has 23 heavy (non-hydrogen) atoms. The summed E-state index contributed by atoms with van der Waals surface area (Å²) in [7, 11) is 0. The lowest BCUT2D eigenvalue weighted by Gasteiger charge is -2.36. The van der Waals surface area contributed by atoms with E-state index in [1.165, 1.54) is 5.56 Å². The van der Waals surface area contributed by atoms with Crippen molar-refractivity contribution in [1.29, 1.82) is 0 Å². The van der Waals surface area contributed by atoms with Crippen LogP contribution in [0.5, 0.6) is 0 Å². The van der Waals surface area contributed by atoms with Gasteiger partial charge in [-0.05, 0) is 30.7 Å². The fraction of sp³-hybridized carbons (Fsp3) is 0.500. The lowest BCUT2D eigenvalue weighted by molar-refractivity contribution is -0.152. The van der Waals surface area contributed by atoms with Crippen molar-refractivity contribution in [3.63, 3.8) is 0 Å².